The first-order valence-corrected chi connectivity index (χ1v) is 7.45. The van der Waals surface area contributed by atoms with Crippen molar-refractivity contribution in [2.24, 2.45) is 7.05 Å². The smallest absolute Gasteiger partial charge is 0.271 e. The van der Waals surface area contributed by atoms with Gasteiger partial charge in [0.25, 0.3) is 5.91 Å². The molecule has 0 bridgehead atoms. The van der Waals surface area contributed by atoms with Crippen molar-refractivity contribution in [3.8, 4) is 0 Å². The average Bonchev–Trinajstić information content (AvgIpc) is 2.79. The SMILES string of the molecule is CNS(=O)(=O)c1cc(C(=O)N2CC(=O)NC(=O)C2)n(C)c1. The lowest BCUT2D eigenvalue weighted by Crippen LogP contribution is -2.53. The van der Waals surface area contributed by atoms with Gasteiger partial charge in [0.2, 0.25) is 21.8 Å². The van der Waals surface area contributed by atoms with E-state index in [-0.39, 0.29) is 23.7 Å². The third kappa shape index (κ3) is 2.95. The predicted octanol–water partition coefficient (Wildman–Crippen LogP) is -1.97. The quantitative estimate of drug-likeness (QED) is 0.628. The van der Waals surface area contributed by atoms with Crippen molar-refractivity contribution >= 4 is 27.7 Å². The number of hydrogen-bond acceptors (Lipinski definition) is 5. The van der Waals surface area contributed by atoms with Crippen LogP contribution in [0.3, 0.4) is 0 Å². The Labute approximate surface area is 121 Å². The zero-order valence-electron chi connectivity index (χ0n) is 11.4. The number of carbonyl (C=O) groups is 3. The fraction of sp³-hybridized carbons (Fsp3) is 0.364. The average molecular weight is 314 g/mol. The molecule has 10 heteroatoms. The predicted molar refractivity (Wildman–Crippen MR) is 70.7 cm³/mol. The van der Waals surface area contributed by atoms with Crippen LogP contribution >= 0.6 is 0 Å². The minimum absolute atomic E-state index is 0.0661. The molecular weight excluding hydrogens is 300 g/mol. The topological polar surface area (TPSA) is 118 Å². The number of aryl methyl sites for hydroxylation is 1. The first-order valence-electron chi connectivity index (χ1n) is 5.96. The maximum absolute atomic E-state index is 12.3. The van der Waals surface area contributed by atoms with Crippen LogP contribution < -0.4 is 10.0 Å². The molecule has 2 N–H and O–H groups in total. The van der Waals surface area contributed by atoms with Gasteiger partial charge in [-0.1, -0.05) is 0 Å². The molecule has 0 radical (unpaired) electrons. The summed E-state index contributed by atoms with van der Waals surface area (Å²) in [6.45, 7) is -0.492. The maximum Gasteiger partial charge on any atom is 0.271 e. The highest BCUT2D eigenvalue weighted by Crippen LogP contribution is 2.15. The number of nitrogens with zero attached hydrogens (tertiary/aromatic N) is 2. The van der Waals surface area contributed by atoms with Gasteiger partial charge in [-0.25, -0.2) is 13.1 Å². The number of rotatable bonds is 3. The summed E-state index contributed by atoms with van der Waals surface area (Å²) in [5.74, 6) is -1.73. The van der Waals surface area contributed by atoms with Crippen molar-refractivity contribution in [1.29, 1.82) is 0 Å². The molecule has 0 aromatic carbocycles. The lowest BCUT2D eigenvalue weighted by atomic mass is 10.3. The lowest BCUT2D eigenvalue weighted by molar-refractivity contribution is -0.135. The Kier molecular flexibility index (Phi) is 3.83. The summed E-state index contributed by atoms with van der Waals surface area (Å²) >= 11 is 0. The van der Waals surface area contributed by atoms with Crippen LogP contribution in [0.1, 0.15) is 10.5 Å². The Morgan fingerprint density at radius 3 is 2.38 bits per heavy atom. The first kappa shape index (κ1) is 15.2. The number of nitrogens with one attached hydrogen (secondary N) is 2. The molecule has 0 aliphatic carbocycles. The van der Waals surface area contributed by atoms with E-state index in [1.54, 1.807) is 0 Å². The molecule has 1 aromatic rings. The maximum atomic E-state index is 12.3. The third-order valence-electron chi connectivity index (χ3n) is 3.01. The van der Waals surface area contributed by atoms with Gasteiger partial charge in [0.1, 0.15) is 23.7 Å². The summed E-state index contributed by atoms with van der Waals surface area (Å²) in [5, 5.41) is 2.08. The zero-order valence-corrected chi connectivity index (χ0v) is 12.2. The van der Waals surface area contributed by atoms with Gasteiger partial charge in [-0.2, -0.15) is 0 Å². The number of aromatic nitrogens is 1. The highest BCUT2D eigenvalue weighted by atomic mass is 32.2. The molecule has 21 heavy (non-hydrogen) atoms. The minimum atomic E-state index is -3.67. The molecular formula is C11H14N4O5S. The normalized spacial score (nSPS) is 16.0. The second-order valence-electron chi connectivity index (χ2n) is 4.51. The molecule has 9 nitrogen and oxygen atoms in total. The summed E-state index contributed by atoms with van der Waals surface area (Å²) in [4.78, 5) is 35.8. The molecule has 0 saturated carbocycles. The number of amides is 3. The van der Waals surface area contributed by atoms with Crippen molar-refractivity contribution in [3.63, 3.8) is 0 Å². The van der Waals surface area contributed by atoms with E-state index < -0.39 is 27.7 Å². The molecule has 2 heterocycles. The van der Waals surface area contributed by atoms with E-state index in [2.05, 4.69) is 10.0 Å². The molecule has 114 valence electrons. The van der Waals surface area contributed by atoms with E-state index >= 15 is 0 Å². The van der Waals surface area contributed by atoms with Gasteiger partial charge in [-0.3, -0.25) is 19.7 Å². The van der Waals surface area contributed by atoms with Crippen molar-refractivity contribution in [2.75, 3.05) is 20.1 Å². The fourth-order valence-electron chi connectivity index (χ4n) is 1.95. The van der Waals surface area contributed by atoms with E-state index in [0.717, 1.165) is 4.90 Å². The monoisotopic (exact) mass is 314 g/mol. The highest BCUT2D eigenvalue weighted by Gasteiger charge is 2.29. The van der Waals surface area contributed by atoms with Gasteiger partial charge < -0.3 is 9.47 Å². The minimum Gasteiger partial charge on any atom is -0.345 e. The fourth-order valence-corrected chi connectivity index (χ4v) is 2.75. The lowest BCUT2D eigenvalue weighted by Gasteiger charge is -2.25. The summed E-state index contributed by atoms with van der Waals surface area (Å²) in [7, 11) is -0.904. The second kappa shape index (κ2) is 5.30. The molecule has 0 unspecified atom stereocenters. The molecule has 2 rings (SSSR count). The van der Waals surface area contributed by atoms with Gasteiger partial charge in [0.05, 0.1) is 0 Å². The van der Waals surface area contributed by atoms with Crippen LogP contribution in [0, 0.1) is 0 Å². The molecule has 0 atom stereocenters. The van der Waals surface area contributed by atoms with E-state index in [0.29, 0.717) is 0 Å². The Balaban J connectivity index is 2.32. The standard InChI is InChI=1S/C11H14N4O5S/c1-12-21(19,20)7-3-8(14(2)4-7)11(18)15-5-9(16)13-10(17)6-15/h3-4,12H,5-6H2,1-2H3,(H,13,16,17). The van der Waals surface area contributed by atoms with Crippen molar-refractivity contribution in [3.05, 3.63) is 18.0 Å². The van der Waals surface area contributed by atoms with Crippen LogP contribution in [0.2, 0.25) is 0 Å². The van der Waals surface area contributed by atoms with E-state index in [9.17, 15) is 22.8 Å². The van der Waals surface area contributed by atoms with Crippen LogP contribution in [-0.4, -0.2) is 55.7 Å². The number of carbonyl (C=O) groups excluding carboxylic acids is 3. The van der Waals surface area contributed by atoms with Crippen LogP contribution in [-0.2, 0) is 26.7 Å². The van der Waals surface area contributed by atoms with E-state index in [4.69, 9.17) is 0 Å². The summed E-state index contributed by atoms with van der Waals surface area (Å²) in [6, 6.07) is 1.20. The van der Waals surface area contributed by atoms with Crippen LogP contribution in [0.4, 0.5) is 0 Å². The number of piperazine rings is 1. The third-order valence-corrected chi connectivity index (χ3v) is 4.39. The van der Waals surface area contributed by atoms with Crippen molar-refractivity contribution < 1.29 is 22.8 Å². The molecule has 1 aliphatic rings. The highest BCUT2D eigenvalue weighted by molar-refractivity contribution is 7.89. The summed E-state index contributed by atoms with van der Waals surface area (Å²) in [6.07, 6.45) is 1.28. The van der Waals surface area contributed by atoms with E-state index in [1.165, 1.54) is 30.9 Å². The van der Waals surface area contributed by atoms with Crippen LogP contribution in [0.15, 0.2) is 17.2 Å². The summed E-state index contributed by atoms with van der Waals surface area (Å²) in [5.41, 5.74) is 0.0753. The van der Waals surface area contributed by atoms with Gasteiger partial charge in [0.15, 0.2) is 0 Å². The number of hydrogen-bond donors (Lipinski definition) is 2. The largest absolute Gasteiger partial charge is 0.345 e. The molecule has 1 fully saturated rings. The molecule has 0 spiro atoms. The molecule has 1 aromatic heterocycles. The molecule has 3 amide bonds. The Bertz CT molecular complexity index is 705. The van der Waals surface area contributed by atoms with Gasteiger partial charge in [-0.15, -0.1) is 0 Å². The molecule has 1 saturated heterocycles. The number of sulfonamides is 1. The number of imide groups is 1. The van der Waals surface area contributed by atoms with Crippen molar-refractivity contribution in [2.45, 2.75) is 4.90 Å². The Morgan fingerprint density at radius 2 is 1.86 bits per heavy atom. The van der Waals surface area contributed by atoms with Gasteiger partial charge in [-0.05, 0) is 13.1 Å². The van der Waals surface area contributed by atoms with Crippen molar-refractivity contribution in [1.82, 2.24) is 19.5 Å². The first-order chi connectivity index (χ1) is 9.74. The Hall–Kier alpha value is -2.20. The van der Waals surface area contributed by atoms with Gasteiger partial charge >= 0.3 is 0 Å². The van der Waals surface area contributed by atoms with E-state index in [1.807, 2.05) is 0 Å². The Morgan fingerprint density at radius 1 is 1.29 bits per heavy atom. The zero-order chi connectivity index (χ0) is 15.8. The second-order valence-corrected chi connectivity index (χ2v) is 6.40. The van der Waals surface area contributed by atoms with Gasteiger partial charge in [0, 0.05) is 13.2 Å². The summed E-state index contributed by atoms with van der Waals surface area (Å²) < 4.78 is 26.9. The molecule has 1 aliphatic heterocycles. The van der Waals surface area contributed by atoms with Crippen LogP contribution in [0.5, 0.6) is 0 Å². The van der Waals surface area contributed by atoms with Crippen LogP contribution in [0.25, 0.3) is 0 Å².